The van der Waals surface area contributed by atoms with E-state index in [1.807, 2.05) is 27.0 Å². The molecule has 1 amide bonds. The number of carbonyl (C=O) groups excluding carboxylic acids is 1. The van der Waals surface area contributed by atoms with Crippen molar-refractivity contribution >= 4 is 51.6 Å². The Labute approximate surface area is 149 Å². The third-order valence-corrected chi connectivity index (χ3v) is 4.60. The van der Waals surface area contributed by atoms with E-state index >= 15 is 0 Å². The van der Waals surface area contributed by atoms with Crippen LogP contribution in [0.3, 0.4) is 0 Å². The van der Waals surface area contributed by atoms with E-state index in [0.717, 1.165) is 31.4 Å². The summed E-state index contributed by atoms with van der Waals surface area (Å²) in [6, 6.07) is 4.04. The van der Waals surface area contributed by atoms with Gasteiger partial charge in [-0.25, -0.2) is 3.53 Å². The van der Waals surface area contributed by atoms with E-state index in [4.69, 9.17) is 0 Å². The zero-order valence-corrected chi connectivity index (χ0v) is 16.3. The summed E-state index contributed by atoms with van der Waals surface area (Å²) in [5.74, 6) is 0.196. The van der Waals surface area contributed by atoms with Gasteiger partial charge in [0.2, 0.25) is 5.91 Å². The first-order valence-corrected chi connectivity index (χ1v) is 8.98. The lowest BCUT2D eigenvalue weighted by molar-refractivity contribution is -0.440. The predicted octanol–water partition coefficient (Wildman–Crippen LogP) is 3.02. The highest BCUT2D eigenvalue weighted by molar-refractivity contribution is 14.1. The van der Waals surface area contributed by atoms with Gasteiger partial charge in [0.25, 0.3) is 0 Å². The molecule has 0 saturated heterocycles. The Morgan fingerprint density at radius 1 is 1.40 bits per heavy atom. The minimum Gasteiger partial charge on any atom is -0.337 e. The lowest BCUT2D eigenvalue weighted by Crippen LogP contribution is -2.43. The monoisotopic (exact) mass is 502 g/mol. The number of unbranched alkanes of at least 4 members (excludes halogenated alkanes) is 1. The molecule has 0 fully saturated rings. The second kappa shape index (κ2) is 9.88. The molecule has 6 heteroatoms. The summed E-state index contributed by atoms with van der Waals surface area (Å²) in [7, 11) is 0. The van der Waals surface area contributed by atoms with Crippen LogP contribution in [0.15, 0.2) is 24.5 Å². The van der Waals surface area contributed by atoms with E-state index in [-0.39, 0.29) is 11.9 Å². The SMILES string of the molecule is CCCCC(NI)C(=O)N(CC)Cc1cc[n+](I)cc1. The molecule has 112 valence electrons. The minimum absolute atomic E-state index is 0.0753. The van der Waals surface area contributed by atoms with Crippen LogP contribution in [-0.2, 0) is 11.3 Å². The van der Waals surface area contributed by atoms with E-state index in [0.29, 0.717) is 6.54 Å². The first-order valence-electron chi connectivity index (χ1n) is 6.93. The van der Waals surface area contributed by atoms with Gasteiger partial charge in [-0.1, -0.05) is 19.8 Å². The maximum absolute atomic E-state index is 12.5. The zero-order chi connectivity index (χ0) is 15.0. The Bertz CT molecular complexity index is 411. The molecule has 0 aliphatic rings. The normalized spacial score (nSPS) is 12.2. The van der Waals surface area contributed by atoms with E-state index in [9.17, 15) is 4.79 Å². The summed E-state index contributed by atoms with van der Waals surface area (Å²) in [5.41, 5.74) is 1.16. The average Bonchev–Trinajstić information content (AvgIpc) is 2.47. The highest BCUT2D eigenvalue weighted by Gasteiger charge is 2.22. The van der Waals surface area contributed by atoms with Crippen molar-refractivity contribution in [3.63, 3.8) is 0 Å². The number of amides is 1. The van der Waals surface area contributed by atoms with Gasteiger partial charge in [-0.3, -0.25) is 4.79 Å². The second-order valence-electron chi connectivity index (χ2n) is 4.71. The number of rotatable bonds is 8. The molecule has 1 unspecified atom stereocenters. The number of pyridine rings is 1. The number of aromatic nitrogens is 1. The molecule has 1 aromatic heterocycles. The second-order valence-corrected chi connectivity index (χ2v) is 6.44. The van der Waals surface area contributed by atoms with Crippen molar-refractivity contribution in [2.75, 3.05) is 6.54 Å². The molecule has 1 aromatic rings. The molecule has 0 aliphatic carbocycles. The number of hydrogen-bond acceptors (Lipinski definition) is 2. The zero-order valence-electron chi connectivity index (χ0n) is 12.0. The van der Waals surface area contributed by atoms with Crippen LogP contribution in [0, 0.1) is 0 Å². The minimum atomic E-state index is -0.0753. The van der Waals surface area contributed by atoms with Crippen LogP contribution in [-0.4, -0.2) is 23.4 Å². The number of hydrogen-bond donors (Lipinski definition) is 1. The molecule has 1 heterocycles. The molecule has 1 rings (SSSR count). The topological polar surface area (TPSA) is 36.2 Å². The third kappa shape index (κ3) is 5.80. The van der Waals surface area contributed by atoms with Crippen LogP contribution in [0.4, 0.5) is 0 Å². The molecule has 1 atom stereocenters. The van der Waals surface area contributed by atoms with Crippen LogP contribution >= 0.6 is 45.7 Å². The molecule has 0 spiro atoms. The van der Waals surface area contributed by atoms with Crippen molar-refractivity contribution in [3.8, 4) is 0 Å². The molecule has 4 nitrogen and oxygen atoms in total. The Hall–Kier alpha value is 0.0400. The summed E-state index contributed by atoms with van der Waals surface area (Å²) < 4.78 is 5.09. The van der Waals surface area contributed by atoms with Gasteiger partial charge in [-0.2, -0.15) is 0 Å². The summed E-state index contributed by atoms with van der Waals surface area (Å²) in [6.07, 6.45) is 7.09. The van der Waals surface area contributed by atoms with Crippen LogP contribution in [0.5, 0.6) is 0 Å². The fourth-order valence-corrected chi connectivity index (χ4v) is 2.86. The number of nitrogens with zero attached hydrogens (tertiary/aromatic N) is 2. The van der Waals surface area contributed by atoms with Gasteiger partial charge in [0.05, 0.1) is 6.04 Å². The molecule has 0 saturated carbocycles. The van der Waals surface area contributed by atoms with E-state index in [2.05, 4.69) is 68.3 Å². The fraction of sp³-hybridized carbons (Fsp3) is 0.571. The van der Waals surface area contributed by atoms with Crippen molar-refractivity contribution in [2.45, 2.75) is 45.7 Å². The van der Waals surface area contributed by atoms with Gasteiger partial charge in [0, 0.05) is 48.1 Å². The fourth-order valence-electron chi connectivity index (χ4n) is 1.96. The maximum Gasteiger partial charge on any atom is 0.353 e. The molecule has 0 aliphatic heterocycles. The smallest absolute Gasteiger partial charge is 0.337 e. The van der Waals surface area contributed by atoms with Crippen molar-refractivity contribution in [3.05, 3.63) is 30.1 Å². The lowest BCUT2D eigenvalue weighted by atomic mass is 10.1. The Balaban J connectivity index is 2.68. The summed E-state index contributed by atoms with van der Waals surface area (Å²) in [6.45, 7) is 5.59. The number of halogens is 2. The van der Waals surface area contributed by atoms with Crippen molar-refractivity contribution < 1.29 is 7.58 Å². The van der Waals surface area contributed by atoms with E-state index in [1.54, 1.807) is 0 Å². The highest BCUT2D eigenvalue weighted by Crippen LogP contribution is 2.10. The first-order chi connectivity index (χ1) is 9.62. The Morgan fingerprint density at radius 3 is 2.55 bits per heavy atom. The largest absolute Gasteiger partial charge is 0.353 e. The average molecular weight is 502 g/mol. The molecular weight excluding hydrogens is 480 g/mol. The van der Waals surface area contributed by atoms with Gasteiger partial charge in [-0.05, 0) is 18.9 Å². The van der Waals surface area contributed by atoms with Crippen molar-refractivity contribution in [1.29, 1.82) is 0 Å². The molecule has 20 heavy (non-hydrogen) atoms. The molecular formula is C14H22I2N3O+. The standard InChI is InChI=1S/C14H22I2N3O/c1-3-5-6-13(17-15)14(20)18(4-2)11-12-7-9-19(16)10-8-12/h7-10,13,17H,3-6,11H2,1-2H3/q+1. The molecule has 0 radical (unpaired) electrons. The number of carbonyl (C=O) groups is 1. The van der Waals surface area contributed by atoms with Crippen LogP contribution in [0.1, 0.15) is 38.7 Å². The van der Waals surface area contributed by atoms with Gasteiger partial charge in [0.1, 0.15) is 0 Å². The summed E-state index contributed by atoms with van der Waals surface area (Å²) in [4.78, 5) is 14.5. The molecule has 0 bridgehead atoms. The van der Waals surface area contributed by atoms with Crippen molar-refractivity contribution in [2.24, 2.45) is 0 Å². The van der Waals surface area contributed by atoms with Crippen LogP contribution in [0.25, 0.3) is 0 Å². The summed E-state index contributed by atoms with van der Waals surface area (Å²) in [5, 5.41) is 0. The number of nitrogens with one attached hydrogen (secondary N) is 1. The Morgan fingerprint density at radius 2 is 2.05 bits per heavy atom. The van der Waals surface area contributed by atoms with Gasteiger partial charge < -0.3 is 4.90 Å². The molecule has 0 aromatic carbocycles. The first kappa shape index (κ1) is 18.1. The highest BCUT2D eigenvalue weighted by atomic mass is 127. The lowest BCUT2D eigenvalue weighted by Gasteiger charge is -2.25. The number of likely N-dealkylation sites (N-methyl/N-ethyl adjacent to an activating group) is 1. The van der Waals surface area contributed by atoms with Gasteiger partial charge in [0.15, 0.2) is 12.4 Å². The predicted molar refractivity (Wildman–Crippen MR) is 97.6 cm³/mol. The quantitative estimate of drug-likeness (QED) is 0.439. The van der Waals surface area contributed by atoms with E-state index in [1.165, 1.54) is 0 Å². The van der Waals surface area contributed by atoms with Crippen LogP contribution < -0.4 is 6.31 Å². The van der Waals surface area contributed by atoms with Crippen molar-refractivity contribution in [1.82, 2.24) is 8.43 Å². The van der Waals surface area contributed by atoms with Crippen LogP contribution in [0.2, 0.25) is 0 Å². The van der Waals surface area contributed by atoms with Gasteiger partial charge >= 0.3 is 22.9 Å². The summed E-state index contributed by atoms with van der Waals surface area (Å²) >= 11 is 4.30. The third-order valence-electron chi connectivity index (χ3n) is 3.21. The molecule has 1 N–H and O–H groups in total. The Kier molecular flexibility index (Phi) is 8.94. The van der Waals surface area contributed by atoms with E-state index < -0.39 is 0 Å². The van der Waals surface area contributed by atoms with Gasteiger partial charge in [-0.15, -0.1) is 2.78 Å². The maximum atomic E-state index is 12.5.